The molecule has 1 fully saturated rings. The molecule has 1 aliphatic carbocycles. The molecule has 0 spiro atoms. The van der Waals surface area contributed by atoms with Crippen LogP contribution in [-0.2, 0) is 0 Å². The first-order valence-corrected chi connectivity index (χ1v) is 6.60. The van der Waals surface area contributed by atoms with E-state index in [1.165, 1.54) is 12.8 Å². The summed E-state index contributed by atoms with van der Waals surface area (Å²) in [4.78, 5) is 0. The van der Waals surface area contributed by atoms with Crippen molar-refractivity contribution in [1.29, 1.82) is 0 Å². The highest BCUT2D eigenvalue weighted by molar-refractivity contribution is 5.34. The molecule has 1 saturated carbocycles. The van der Waals surface area contributed by atoms with E-state index in [1.54, 1.807) is 6.92 Å². The van der Waals surface area contributed by atoms with Crippen molar-refractivity contribution in [2.24, 2.45) is 5.92 Å². The highest BCUT2D eigenvalue weighted by Gasteiger charge is 2.20. The van der Waals surface area contributed by atoms with E-state index in [9.17, 15) is 5.11 Å². The van der Waals surface area contributed by atoms with Gasteiger partial charge in [0.1, 0.15) is 5.75 Å². The Labute approximate surface area is 104 Å². The first-order chi connectivity index (χ1) is 8.16. The first kappa shape index (κ1) is 12.4. The normalized spacial score (nSPS) is 26.5. The summed E-state index contributed by atoms with van der Waals surface area (Å²) in [5.74, 6) is 1.68. The van der Waals surface area contributed by atoms with E-state index in [0.717, 1.165) is 30.1 Å². The van der Waals surface area contributed by atoms with Crippen LogP contribution in [0.3, 0.4) is 0 Å². The second-order valence-electron chi connectivity index (χ2n) is 5.21. The van der Waals surface area contributed by atoms with E-state index in [1.807, 2.05) is 24.3 Å². The lowest BCUT2D eigenvalue weighted by Crippen LogP contribution is -2.23. The Hall–Kier alpha value is -1.02. The van der Waals surface area contributed by atoms with E-state index in [4.69, 9.17) is 4.74 Å². The van der Waals surface area contributed by atoms with Crippen LogP contribution in [0, 0.1) is 5.92 Å². The number of para-hydroxylation sites is 1. The molecule has 0 amide bonds. The minimum Gasteiger partial charge on any atom is -0.490 e. The van der Waals surface area contributed by atoms with Crippen molar-refractivity contribution in [3.05, 3.63) is 29.8 Å². The molecule has 2 nitrogen and oxygen atoms in total. The first-order valence-electron chi connectivity index (χ1n) is 6.60. The predicted octanol–water partition coefficient (Wildman–Crippen LogP) is 3.70. The Morgan fingerprint density at radius 2 is 1.82 bits per heavy atom. The van der Waals surface area contributed by atoms with Gasteiger partial charge in [-0.05, 0) is 44.6 Å². The number of benzene rings is 1. The Morgan fingerprint density at radius 3 is 2.47 bits per heavy atom. The molecule has 1 aromatic rings. The third kappa shape index (κ3) is 3.22. The van der Waals surface area contributed by atoms with Crippen molar-refractivity contribution in [2.45, 2.75) is 51.7 Å². The molecule has 1 aromatic carbocycles. The van der Waals surface area contributed by atoms with Gasteiger partial charge < -0.3 is 9.84 Å². The summed E-state index contributed by atoms with van der Waals surface area (Å²) in [6, 6.07) is 7.80. The maximum absolute atomic E-state index is 9.70. The number of hydrogen-bond donors (Lipinski definition) is 1. The molecule has 94 valence electrons. The van der Waals surface area contributed by atoms with Gasteiger partial charge in [0.05, 0.1) is 12.2 Å². The van der Waals surface area contributed by atoms with Crippen LogP contribution in [0.2, 0.25) is 0 Å². The maximum atomic E-state index is 9.70. The fraction of sp³-hybridized carbons (Fsp3) is 0.600. The summed E-state index contributed by atoms with van der Waals surface area (Å²) in [7, 11) is 0. The standard InChI is InChI=1S/C15H22O2/c1-11-7-9-13(10-8-11)17-15-6-4-3-5-14(15)12(2)16/h3-6,11-13,16H,7-10H2,1-2H3/t11?,12-,13?/m1/s1. The highest BCUT2D eigenvalue weighted by atomic mass is 16.5. The zero-order valence-corrected chi connectivity index (χ0v) is 10.7. The molecular weight excluding hydrogens is 212 g/mol. The molecule has 17 heavy (non-hydrogen) atoms. The fourth-order valence-electron chi connectivity index (χ4n) is 2.46. The van der Waals surface area contributed by atoms with E-state index in [0.29, 0.717) is 6.10 Å². The molecule has 0 saturated heterocycles. The van der Waals surface area contributed by atoms with Crippen molar-refractivity contribution in [1.82, 2.24) is 0 Å². The molecule has 1 aliphatic rings. The molecule has 1 atom stereocenters. The summed E-state index contributed by atoms with van der Waals surface area (Å²) < 4.78 is 6.04. The molecule has 0 unspecified atom stereocenters. The van der Waals surface area contributed by atoms with Gasteiger partial charge in [0.15, 0.2) is 0 Å². The van der Waals surface area contributed by atoms with Crippen molar-refractivity contribution in [2.75, 3.05) is 0 Å². The Kier molecular flexibility index (Phi) is 4.06. The average Bonchev–Trinajstić information content (AvgIpc) is 2.32. The Morgan fingerprint density at radius 1 is 1.18 bits per heavy atom. The van der Waals surface area contributed by atoms with Crippen molar-refractivity contribution in [3.63, 3.8) is 0 Å². The van der Waals surface area contributed by atoms with Crippen molar-refractivity contribution in [3.8, 4) is 5.75 Å². The zero-order chi connectivity index (χ0) is 12.3. The molecule has 0 aromatic heterocycles. The topological polar surface area (TPSA) is 29.5 Å². The molecule has 0 bridgehead atoms. The molecule has 0 heterocycles. The molecule has 0 radical (unpaired) electrons. The van der Waals surface area contributed by atoms with Crippen LogP contribution >= 0.6 is 0 Å². The monoisotopic (exact) mass is 234 g/mol. The second kappa shape index (κ2) is 5.54. The zero-order valence-electron chi connectivity index (χ0n) is 10.7. The third-order valence-electron chi connectivity index (χ3n) is 3.63. The van der Waals surface area contributed by atoms with Crippen LogP contribution < -0.4 is 4.74 Å². The molecule has 2 heteroatoms. The Bertz CT molecular complexity index is 352. The van der Waals surface area contributed by atoms with Gasteiger partial charge in [0.2, 0.25) is 0 Å². The third-order valence-corrected chi connectivity index (χ3v) is 3.63. The van der Waals surface area contributed by atoms with Crippen LogP contribution in [0.5, 0.6) is 5.75 Å². The predicted molar refractivity (Wildman–Crippen MR) is 69.1 cm³/mol. The van der Waals surface area contributed by atoms with Gasteiger partial charge >= 0.3 is 0 Å². The van der Waals surface area contributed by atoms with Crippen molar-refractivity contribution >= 4 is 0 Å². The quantitative estimate of drug-likeness (QED) is 0.864. The van der Waals surface area contributed by atoms with E-state index < -0.39 is 6.10 Å². The lowest BCUT2D eigenvalue weighted by molar-refractivity contribution is 0.126. The van der Waals surface area contributed by atoms with Crippen molar-refractivity contribution < 1.29 is 9.84 Å². The molecule has 1 N–H and O–H groups in total. The van der Waals surface area contributed by atoms with Gasteiger partial charge in [0, 0.05) is 5.56 Å². The van der Waals surface area contributed by atoms with Gasteiger partial charge in [-0.15, -0.1) is 0 Å². The minimum atomic E-state index is -0.464. The van der Waals surface area contributed by atoms with Crippen LogP contribution in [0.1, 0.15) is 51.2 Å². The summed E-state index contributed by atoms with van der Waals surface area (Å²) >= 11 is 0. The minimum absolute atomic E-state index is 0.325. The van der Waals surface area contributed by atoms with Crippen LogP contribution in [0.4, 0.5) is 0 Å². The maximum Gasteiger partial charge on any atom is 0.125 e. The molecule has 2 rings (SSSR count). The fourth-order valence-corrected chi connectivity index (χ4v) is 2.46. The number of ether oxygens (including phenoxy) is 1. The van der Waals surface area contributed by atoms with Crippen LogP contribution in [0.15, 0.2) is 24.3 Å². The highest BCUT2D eigenvalue weighted by Crippen LogP contribution is 2.30. The van der Waals surface area contributed by atoms with E-state index >= 15 is 0 Å². The van der Waals surface area contributed by atoms with Gasteiger partial charge in [-0.1, -0.05) is 25.1 Å². The lowest BCUT2D eigenvalue weighted by atomic mass is 9.89. The van der Waals surface area contributed by atoms with Gasteiger partial charge in [-0.3, -0.25) is 0 Å². The summed E-state index contributed by atoms with van der Waals surface area (Å²) in [5.41, 5.74) is 0.895. The van der Waals surface area contributed by atoms with Crippen LogP contribution in [-0.4, -0.2) is 11.2 Å². The number of hydrogen-bond acceptors (Lipinski definition) is 2. The number of aliphatic hydroxyl groups is 1. The Balaban J connectivity index is 2.03. The smallest absolute Gasteiger partial charge is 0.125 e. The molecular formula is C15H22O2. The van der Waals surface area contributed by atoms with E-state index in [-0.39, 0.29) is 0 Å². The van der Waals surface area contributed by atoms with Gasteiger partial charge in [-0.25, -0.2) is 0 Å². The average molecular weight is 234 g/mol. The SMILES string of the molecule is CC1CCC(Oc2ccccc2[C@@H](C)O)CC1. The van der Waals surface area contributed by atoms with E-state index in [2.05, 4.69) is 6.92 Å². The number of aliphatic hydroxyl groups excluding tert-OH is 1. The summed E-state index contributed by atoms with van der Waals surface area (Å²) in [6.45, 7) is 4.09. The summed E-state index contributed by atoms with van der Waals surface area (Å²) in [5, 5.41) is 9.70. The largest absolute Gasteiger partial charge is 0.490 e. The second-order valence-corrected chi connectivity index (χ2v) is 5.21. The van der Waals surface area contributed by atoms with Gasteiger partial charge in [0.25, 0.3) is 0 Å². The molecule has 0 aliphatic heterocycles. The lowest BCUT2D eigenvalue weighted by Gasteiger charge is -2.28. The van der Waals surface area contributed by atoms with Gasteiger partial charge in [-0.2, -0.15) is 0 Å². The van der Waals surface area contributed by atoms with Crippen LogP contribution in [0.25, 0.3) is 0 Å². The number of rotatable bonds is 3. The summed E-state index contributed by atoms with van der Waals surface area (Å²) in [6.07, 6.45) is 4.63.